The van der Waals surface area contributed by atoms with Gasteiger partial charge in [0, 0.05) is 11.3 Å². The van der Waals surface area contributed by atoms with Crippen LogP contribution in [0, 0.1) is 23.7 Å². The highest BCUT2D eigenvalue weighted by Crippen LogP contribution is 2.45. The zero-order valence-electron chi connectivity index (χ0n) is 17.2. The van der Waals surface area contributed by atoms with E-state index in [0.29, 0.717) is 17.0 Å². The third-order valence-corrected chi connectivity index (χ3v) is 7.12. The van der Waals surface area contributed by atoms with Crippen molar-refractivity contribution in [2.75, 3.05) is 11.9 Å². The zero-order chi connectivity index (χ0) is 22.0. The van der Waals surface area contributed by atoms with E-state index in [4.69, 9.17) is 4.74 Å². The standard InChI is InChI=1S/C24H25NO5S/c1-2-30-24(29)18-13-17(12-14-6-4-3-5-7-14)31-22(18)25-21(26)19-15-8-10-16(11-9-15)20(19)23(27)28/h3-8,10,13,15-16,19-20H,2,9,11-12H2,1H3,(H,25,26)(H,27,28)/t15-,16-,19-,20+/m0/s1. The molecule has 7 heteroatoms. The number of thiophene rings is 1. The van der Waals surface area contributed by atoms with Gasteiger partial charge in [-0.25, -0.2) is 4.79 Å². The number of aliphatic carboxylic acids is 1. The lowest BCUT2D eigenvalue weighted by Gasteiger charge is -2.41. The van der Waals surface area contributed by atoms with Crippen molar-refractivity contribution in [1.82, 2.24) is 0 Å². The monoisotopic (exact) mass is 439 g/mol. The van der Waals surface area contributed by atoms with Crippen molar-refractivity contribution in [1.29, 1.82) is 0 Å². The maximum absolute atomic E-state index is 13.2. The lowest BCUT2D eigenvalue weighted by Crippen LogP contribution is -2.47. The van der Waals surface area contributed by atoms with Crippen molar-refractivity contribution < 1.29 is 24.2 Å². The van der Waals surface area contributed by atoms with Gasteiger partial charge in [-0.05, 0) is 43.2 Å². The molecule has 1 heterocycles. The quantitative estimate of drug-likeness (QED) is 0.494. The molecular formula is C24H25NO5S. The van der Waals surface area contributed by atoms with Crippen LogP contribution in [-0.2, 0) is 20.7 Å². The van der Waals surface area contributed by atoms with Gasteiger partial charge in [-0.15, -0.1) is 11.3 Å². The fraction of sp³-hybridized carbons (Fsp3) is 0.375. The van der Waals surface area contributed by atoms with Crippen LogP contribution in [0.15, 0.2) is 48.6 Å². The van der Waals surface area contributed by atoms with Gasteiger partial charge < -0.3 is 15.2 Å². The number of anilines is 1. The molecule has 2 bridgehead atoms. The Balaban J connectivity index is 1.60. The number of fused-ring (bicyclic) bond motifs is 2. The van der Waals surface area contributed by atoms with Crippen LogP contribution in [0.25, 0.3) is 0 Å². The highest BCUT2D eigenvalue weighted by Gasteiger charge is 2.48. The van der Waals surface area contributed by atoms with E-state index in [2.05, 4.69) is 5.32 Å². The Morgan fingerprint density at radius 2 is 1.77 bits per heavy atom. The maximum atomic E-state index is 13.2. The molecule has 5 rings (SSSR count). The molecule has 1 aromatic heterocycles. The molecule has 1 saturated carbocycles. The minimum Gasteiger partial charge on any atom is -0.481 e. The Morgan fingerprint density at radius 1 is 1.10 bits per heavy atom. The van der Waals surface area contributed by atoms with Gasteiger partial charge in [-0.1, -0.05) is 42.5 Å². The summed E-state index contributed by atoms with van der Waals surface area (Å²) in [5.41, 5.74) is 1.41. The van der Waals surface area contributed by atoms with Crippen molar-refractivity contribution in [2.24, 2.45) is 23.7 Å². The Kier molecular flexibility index (Phi) is 6.23. The van der Waals surface area contributed by atoms with E-state index in [9.17, 15) is 19.5 Å². The Labute approximate surface area is 184 Å². The number of nitrogens with one attached hydrogen (secondary N) is 1. The Bertz CT molecular complexity index is 1010. The van der Waals surface area contributed by atoms with Crippen molar-refractivity contribution >= 4 is 34.2 Å². The molecule has 0 saturated heterocycles. The van der Waals surface area contributed by atoms with Crippen molar-refractivity contribution in [3.05, 3.63) is 64.6 Å². The normalized spacial score (nSPS) is 24.0. The zero-order valence-corrected chi connectivity index (χ0v) is 18.1. The summed E-state index contributed by atoms with van der Waals surface area (Å²) in [6, 6.07) is 11.6. The van der Waals surface area contributed by atoms with E-state index in [-0.39, 0.29) is 24.3 Å². The molecule has 6 nitrogen and oxygen atoms in total. The van der Waals surface area contributed by atoms with Crippen molar-refractivity contribution in [2.45, 2.75) is 26.2 Å². The predicted octanol–water partition coefficient (Wildman–Crippen LogP) is 4.37. The van der Waals surface area contributed by atoms with Crippen LogP contribution >= 0.6 is 11.3 Å². The largest absolute Gasteiger partial charge is 0.481 e. The van der Waals surface area contributed by atoms with Crippen molar-refractivity contribution in [3.63, 3.8) is 0 Å². The SMILES string of the molecule is CCOC(=O)c1cc(Cc2ccccc2)sc1NC(=O)[C@@H]1[C@H](C(=O)O)[C@H]2C=C[C@H]1CC2. The first kappa shape index (κ1) is 21.3. The smallest absolute Gasteiger partial charge is 0.341 e. The Morgan fingerprint density at radius 3 is 2.39 bits per heavy atom. The number of hydrogen-bond donors (Lipinski definition) is 2. The molecule has 1 fully saturated rings. The molecule has 0 radical (unpaired) electrons. The average Bonchev–Trinajstić information content (AvgIpc) is 3.16. The number of amides is 1. The van der Waals surface area contributed by atoms with Crippen LogP contribution in [0.3, 0.4) is 0 Å². The number of carboxylic acid groups (broad SMARTS) is 1. The second-order valence-electron chi connectivity index (χ2n) is 8.01. The molecule has 0 spiro atoms. The third-order valence-electron chi connectivity index (χ3n) is 6.07. The number of esters is 1. The molecule has 3 aliphatic rings. The first-order valence-corrected chi connectivity index (χ1v) is 11.3. The van der Waals surface area contributed by atoms with E-state index in [0.717, 1.165) is 23.3 Å². The number of hydrogen-bond acceptors (Lipinski definition) is 5. The summed E-state index contributed by atoms with van der Waals surface area (Å²) in [5.74, 6) is -3.38. The second kappa shape index (κ2) is 9.06. The first-order valence-electron chi connectivity index (χ1n) is 10.5. The van der Waals surface area contributed by atoms with Gasteiger partial charge in [0.15, 0.2) is 0 Å². The van der Waals surface area contributed by atoms with Crippen LogP contribution in [0.1, 0.15) is 40.6 Å². The molecule has 3 aliphatic carbocycles. The minimum absolute atomic E-state index is 0.0964. The van der Waals surface area contributed by atoms with Crippen LogP contribution in [0.4, 0.5) is 5.00 Å². The Hall–Kier alpha value is -2.93. The fourth-order valence-electron chi connectivity index (χ4n) is 4.66. The molecule has 1 aromatic carbocycles. The summed E-state index contributed by atoms with van der Waals surface area (Å²) in [6.45, 7) is 1.96. The fourth-order valence-corrected chi connectivity index (χ4v) is 5.74. The van der Waals surface area contributed by atoms with E-state index in [1.54, 1.807) is 13.0 Å². The molecule has 1 amide bonds. The number of carboxylic acids is 1. The van der Waals surface area contributed by atoms with E-state index >= 15 is 0 Å². The lowest BCUT2D eigenvalue weighted by molar-refractivity contribution is -0.151. The topological polar surface area (TPSA) is 92.7 Å². The lowest BCUT2D eigenvalue weighted by atomic mass is 9.62. The highest BCUT2D eigenvalue weighted by atomic mass is 32.1. The van der Waals surface area contributed by atoms with Gasteiger partial charge in [-0.3, -0.25) is 9.59 Å². The van der Waals surface area contributed by atoms with Crippen LogP contribution in [-0.4, -0.2) is 29.6 Å². The van der Waals surface area contributed by atoms with Crippen LogP contribution < -0.4 is 5.32 Å². The molecular weight excluding hydrogens is 414 g/mol. The number of rotatable bonds is 7. The molecule has 162 valence electrons. The van der Waals surface area contributed by atoms with Gasteiger partial charge in [0.25, 0.3) is 0 Å². The average molecular weight is 440 g/mol. The van der Waals surface area contributed by atoms with E-state index in [1.807, 2.05) is 42.5 Å². The summed E-state index contributed by atoms with van der Waals surface area (Å²) >= 11 is 1.33. The number of carbonyl (C=O) groups is 3. The highest BCUT2D eigenvalue weighted by molar-refractivity contribution is 7.16. The summed E-state index contributed by atoms with van der Waals surface area (Å²) in [6.07, 6.45) is 6.12. The molecule has 0 aliphatic heterocycles. The predicted molar refractivity (Wildman–Crippen MR) is 118 cm³/mol. The van der Waals surface area contributed by atoms with Gasteiger partial charge >= 0.3 is 11.9 Å². The van der Waals surface area contributed by atoms with Crippen LogP contribution in [0.5, 0.6) is 0 Å². The molecule has 31 heavy (non-hydrogen) atoms. The third kappa shape index (κ3) is 4.42. The number of allylic oxidation sites excluding steroid dienone is 2. The summed E-state index contributed by atoms with van der Waals surface area (Å²) in [4.78, 5) is 38.6. The number of carbonyl (C=O) groups excluding carboxylic acids is 2. The minimum atomic E-state index is -0.944. The first-order chi connectivity index (χ1) is 15.0. The van der Waals surface area contributed by atoms with Gasteiger partial charge in [-0.2, -0.15) is 0 Å². The molecule has 2 N–H and O–H groups in total. The van der Waals surface area contributed by atoms with E-state index in [1.165, 1.54) is 11.3 Å². The molecule has 4 atom stereocenters. The van der Waals surface area contributed by atoms with Crippen molar-refractivity contribution in [3.8, 4) is 0 Å². The summed E-state index contributed by atoms with van der Waals surface area (Å²) in [7, 11) is 0. The van der Waals surface area contributed by atoms with Gasteiger partial charge in [0.05, 0.1) is 24.0 Å². The number of ether oxygens (including phenoxy) is 1. The van der Waals surface area contributed by atoms with Crippen LogP contribution in [0.2, 0.25) is 0 Å². The number of benzene rings is 1. The molecule has 2 aromatic rings. The maximum Gasteiger partial charge on any atom is 0.341 e. The van der Waals surface area contributed by atoms with Gasteiger partial charge in [0.2, 0.25) is 5.91 Å². The molecule has 0 unspecified atom stereocenters. The summed E-state index contributed by atoms with van der Waals surface area (Å²) in [5, 5.41) is 13.0. The second-order valence-corrected chi connectivity index (χ2v) is 9.14. The summed E-state index contributed by atoms with van der Waals surface area (Å²) < 4.78 is 5.18. The van der Waals surface area contributed by atoms with E-state index < -0.39 is 23.8 Å². The van der Waals surface area contributed by atoms with Gasteiger partial charge in [0.1, 0.15) is 5.00 Å².